The third-order valence-electron chi connectivity index (χ3n) is 2.99. The minimum Gasteiger partial charge on any atom is -0.464 e. The lowest BCUT2D eigenvalue weighted by molar-refractivity contribution is -0.150. The van der Waals surface area contributed by atoms with E-state index < -0.39 is 23.8 Å². The number of rotatable bonds is 7. The van der Waals surface area contributed by atoms with Gasteiger partial charge in [-0.1, -0.05) is 0 Å². The first-order valence-electron chi connectivity index (χ1n) is 6.61. The molecule has 0 amide bonds. The highest BCUT2D eigenvalue weighted by atomic mass is 19.1. The second kappa shape index (κ2) is 6.85. The van der Waals surface area contributed by atoms with Crippen molar-refractivity contribution < 1.29 is 23.4 Å². The lowest BCUT2D eigenvalue weighted by Crippen LogP contribution is -2.46. The van der Waals surface area contributed by atoms with Crippen LogP contribution >= 0.6 is 0 Å². The van der Waals surface area contributed by atoms with E-state index >= 15 is 0 Å². The third-order valence-corrected chi connectivity index (χ3v) is 2.99. The second-order valence-corrected chi connectivity index (χ2v) is 5.01. The van der Waals surface area contributed by atoms with Crippen LogP contribution in [0, 0.1) is 6.92 Å². The second-order valence-electron chi connectivity index (χ2n) is 5.01. The molecule has 1 heterocycles. The Balaban J connectivity index is 2.55. The summed E-state index contributed by atoms with van der Waals surface area (Å²) in [4.78, 5) is 11.3. The van der Waals surface area contributed by atoms with E-state index in [2.05, 4.69) is 10.1 Å². The molecule has 114 valence electrons. The highest BCUT2D eigenvalue weighted by Gasteiger charge is 2.31. The minimum absolute atomic E-state index is 0.0565. The fourth-order valence-electron chi connectivity index (χ4n) is 1.70. The van der Waals surface area contributed by atoms with Crippen LogP contribution in [0.2, 0.25) is 0 Å². The van der Waals surface area contributed by atoms with Gasteiger partial charge in [-0.15, -0.1) is 0 Å². The van der Waals surface area contributed by atoms with Crippen molar-refractivity contribution in [2.75, 3.05) is 13.2 Å². The van der Waals surface area contributed by atoms with Gasteiger partial charge in [0.05, 0.1) is 6.61 Å². The normalized spacial score (nSPS) is 17.3. The van der Waals surface area contributed by atoms with Crippen molar-refractivity contribution in [3.63, 3.8) is 0 Å². The third kappa shape index (κ3) is 4.31. The van der Waals surface area contributed by atoms with Crippen molar-refractivity contribution >= 4 is 5.97 Å². The van der Waals surface area contributed by atoms with Gasteiger partial charge in [-0.05, 0) is 39.8 Å². The van der Waals surface area contributed by atoms with Gasteiger partial charge in [-0.25, -0.2) is 9.18 Å². The topological polar surface area (TPSA) is 71.7 Å². The van der Waals surface area contributed by atoms with Gasteiger partial charge in [0.1, 0.15) is 17.1 Å². The molecule has 0 aliphatic carbocycles. The number of esters is 1. The predicted molar refractivity (Wildman–Crippen MR) is 72.0 cm³/mol. The molecule has 3 atom stereocenters. The van der Waals surface area contributed by atoms with E-state index in [-0.39, 0.29) is 13.2 Å². The molecule has 0 saturated carbocycles. The highest BCUT2D eigenvalue weighted by molar-refractivity contribution is 5.75. The van der Waals surface area contributed by atoms with Gasteiger partial charge in [-0.3, -0.25) is 0 Å². The summed E-state index contributed by atoms with van der Waals surface area (Å²) in [6.07, 6.45) is -1.77. The molecule has 3 unspecified atom stereocenters. The summed E-state index contributed by atoms with van der Waals surface area (Å²) in [7, 11) is 0. The van der Waals surface area contributed by atoms with E-state index in [1.807, 2.05) is 0 Å². The number of ether oxygens (including phenoxy) is 1. The first kappa shape index (κ1) is 16.7. The van der Waals surface area contributed by atoms with Gasteiger partial charge in [0.15, 0.2) is 0 Å². The van der Waals surface area contributed by atoms with Gasteiger partial charge in [0.25, 0.3) is 0 Å². The maximum Gasteiger partial charge on any atom is 0.342 e. The summed E-state index contributed by atoms with van der Waals surface area (Å²) < 4.78 is 23.7. The lowest BCUT2D eigenvalue weighted by atomic mass is 10.0. The lowest BCUT2D eigenvalue weighted by Gasteiger charge is -2.25. The molecular formula is C14H22FNO4. The summed E-state index contributed by atoms with van der Waals surface area (Å²) in [6, 6.07) is 2.64. The van der Waals surface area contributed by atoms with Crippen molar-refractivity contribution in [2.24, 2.45) is 0 Å². The number of nitrogens with one attached hydrogen (secondary N) is 1. The highest BCUT2D eigenvalue weighted by Crippen LogP contribution is 2.22. The Labute approximate surface area is 118 Å². The molecule has 1 aromatic rings. The smallest absolute Gasteiger partial charge is 0.342 e. The summed E-state index contributed by atoms with van der Waals surface area (Å²) in [6.45, 7) is 6.66. The Morgan fingerprint density at radius 1 is 1.60 bits per heavy atom. The number of furan rings is 1. The van der Waals surface area contributed by atoms with E-state index in [1.54, 1.807) is 32.9 Å². The van der Waals surface area contributed by atoms with Gasteiger partial charge < -0.3 is 19.6 Å². The minimum atomic E-state index is -1.77. The number of aryl methyl sites for hydroxylation is 1. The molecular weight excluding hydrogens is 265 g/mol. The summed E-state index contributed by atoms with van der Waals surface area (Å²) >= 11 is 0. The molecule has 0 bridgehead atoms. The van der Waals surface area contributed by atoms with Crippen LogP contribution in [-0.2, 0) is 15.1 Å². The zero-order chi connectivity index (χ0) is 15.3. The first-order chi connectivity index (χ1) is 9.27. The van der Waals surface area contributed by atoms with E-state index in [0.717, 1.165) is 0 Å². The zero-order valence-electron chi connectivity index (χ0n) is 12.3. The number of alkyl halides is 1. The van der Waals surface area contributed by atoms with E-state index in [1.165, 1.54) is 6.92 Å². The first-order valence-corrected chi connectivity index (χ1v) is 6.61. The number of carbonyl (C=O) groups excluding carboxylic acids is 1. The monoisotopic (exact) mass is 287 g/mol. The fourth-order valence-corrected chi connectivity index (χ4v) is 1.70. The van der Waals surface area contributed by atoms with Crippen LogP contribution in [0.4, 0.5) is 4.39 Å². The van der Waals surface area contributed by atoms with Crippen molar-refractivity contribution in [3.8, 4) is 0 Å². The van der Waals surface area contributed by atoms with Crippen LogP contribution in [-0.4, -0.2) is 36.4 Å². The van der Waals surface area contributed by atoms with Gasteiger partial charge in [0.2, 0.25) is 6.17 Å². The Morgan fingerprint density at radius 2 is 2.25 bits per heavy atom. The number of halogens is 1. The van der Waals surface area contributed by atoms with Gasteiger partial charge >= 0.3 is 5.97 Å². The van der Waals surface area contributed by atoms with Crippen molar-refractivity contribution in [2.45, 2.75) is 45.5 Å². The van der Waals surface area contributed by atoms with Crippen LogP contribution in [0.15, 0.2) is 16.5 Å². The average Bonchev–Trinajstić information content (AvgIpc) is 2.83. The standard InChI is InChI=1S/C14H22FNO4/c1-5-19-13(17)12(15)10(3)16-8-14(4,18)11-7-6-9(2)20-11/h6-7,10,12,16,18H,5,8H2,1-4H3. The molecule has 6 heteroatoms. The summed E-state index contributed by atoms with van der Waals surface area (Å²) in [5, 5.41) is 13.1. The largest absolute Gasteiger partial charge is 0.464 e. The fraction of sp³-hybridized carbons (Fsp3) is 0.643. The van der Waals surface area contributed by atoms with Crippen LogP contribution in [0.3, 0.4) is 0 Å². The molecule has 0 aliphatic rings. The Kier molecular flexibility index (Phi) is 5.71. The molecule has 2 N–H and O–H groups in total. The quantitative estimate of drug-likeness (QED) is 0.746. The molecule has 0 spiro atoms. The molecule has 0 aromatic carbocycles. The molecule has 20 heavy (non-hydrogen) atoms. The van der Waals surface area contributed by atoms with Gasteiger partial charge in [-0.2, -0.15) is 0 Å². The van der Waals surface area contributed by atoms with Crippen LogP contribution < -0.4 is 5.32 Å². The molecule has 1 aromatic heterocycles. The SMILES string of the molecule is CCOC(=O)C(F)C(C)NCC(C)(O)c1ccc(C)o1. The van der Waals surface area contributed by atoms with E-state index in [0.29, 0.717) is 11.5 Å². The van der Waals surface area contributed by atoms with E-state index in [9.17, 15) is 14.3 Å². The van der Waals surface area contributed by atoms with Crippen molar-refractivity contribution in [1.29, 1.82) is 0 Å². The maximum absolute atomic E-state index is 13.7. The molecule has 0 aliphatic heterocycles. The van der Waals surface area contributed by atoms with E-state index in [4.69, 9.17) is 4.42 Å². The molecule has 1 rings (SSSR count). The van der Waals surface area contributed by atoms with Crippen LogP contribution in [0.25, 0.3) is 0 Å². The number of hydrogen-bond acceptors (Lipinski definition) is 5. The van der Waals surface area contributed by atoms with Crippen LogP contribution in [0.1, 0.15) is 32.3 Å². The molecule has 0 radical (unpaired) electrons. The van der Waals surface area contributed by atoms with Crippen molar-refractivity contribution in [3.05, 3.63) is 23.7 Å². The molecule has 5 nitrogen and oxygen atoms in total. The Bertz CT molecular complexity index is 444. The summed E-state index contributed by atoms with van der Waals surface area (Å²) in [5.74, 6) is 0.172. The summed E-state index contributed by atoms with van der Waals surface area (Å²) in [5.41, 5.74) is -1.28. The van der Waals surface area contributed by atoms with Gasteiger partial charge in [0, 0.05) is 12.6 Å². The maximum atomic E-state index is 13.7. The van der Waals surface area contributed by atoms with Crippen LogP contribution in [0.5, 0.6) is 0 Å². The number of carbonyl (C=O) groups is 1. The Morgan fingerprint density at radius 3 is 2.75 bits per heavy atom. The van der Waals surface area contributed by atoms with Crippen molar-refractivity contribution in [1.82, 2.24) is 5.32 Å². The Hall–Kier alpha value is -1.40. The zero-order valence-corrected chi connectivity index (χ0v) is 12.3. The number of hydrogen-bond donors (Lipinski definition) is 2. The predicted octanol–water partition coefficient (Wildman–Crippen LogP) is 1.67. The number of aliphatic hydroxyl groups is 1. The molecule has 0 saturated heterocycles. The average molecular weight is 287 g/mol. The molecule has 0 fully saturated rings.